The summed E-state index contributed by atoms with van der Waals surface area (Å²) in [5.41, 5.74) is 1.20. The smallest absolute Gasteiger partial charge is 0.308 e. The molecule has 0 radical (unpaired) electrons. The molecule has 1 aliphatic rings. The Morgan fingerprint density at radius 2 is 2.11 bits per heavy atom. The van der Waals surface area contributed by atoms with E-state index in [-0.39, 0.29) is 11.2 Å². The average Bonchev–Trinajstić information content (AvgIpc) is 3.03. The molecule has 0 aliphatic heterocycles. The van der Waals surface area contributed by atoms with E-state index in [1.807, 2.05) is 17.0 Å². The number of hydrogen-bond donors (Lipinski definition) is 1. The van der Waals surface area contributed by atoms with Crippen LogP contribution < -0.4 is 11.0 Å². The van der Waals surface area contributed by atoms with E-state index in [9.17, 15) is 4.79 Å². The Balaban J connectivity index is 1.93. The minimum Gasteiger partial charge on any atom is -0.308 e. The molecule has 0 bridgehead atoms. The molecule has 0 aromatic carbocycles. The molecule has 1 fully saturated rings. The average molecular weight is 249 g/mol. The Hall–Kier alpha value is -1.29. The van der Waals surface area contributed by atoms with Crippen LogP contribution in [0.25, 0.3) is 0 Å². The summed E-state index contributed by atoms with van der Waals surface area (Å²) < 4.78 is 3.58. The molecule has 1 aromatic heterocycles. The maximum atomic E-state index is 12.1. The van der Waals surface area contributed by atoms with Gasteiger partial charge in [0.05, 0.1) is 0 Å². The van der Waals surface area contributed by atoms with Crippen LogP contribution >= 0.6 is 0 Å². The lowest BCUT2D eigenvalue weighted by Gasteiger charge is -2.21. The van der Waals surface area contributed by atoms with Gasteiger partial charge >= 0.3 is 5.69 Å². The number of hydrogen-bond acceptors (Lipinski definition) is 2. The van der Waals surface area contributed by atoms with E-state index in [4.69, 9.17) is 0 Å². The monoisotopic (exact) mass is 249 g/mol. The molecule has 0 unspecified atom stereocenters. The molecule has 2 rings (SSSR count). The minimum absolute atomic E-state index is 0.0772. The molecule has 1 saturated carbocycles. The summed E-state index contributed by atoms with van der Waals surface area (Å²) in [5.74, 6) is 0. The van der Waals surface area contributed by atoms with Gasteiger partial charge in [0.15, 0.2) is 0 Å². The molecule has 1 aromatic rings. The first-order valence-electron chi connectivity index (χ1n) is 6.56. The Morgan fingerprint density at radius 3 is 2.67 bits per heavy atom. The van der Waals surface area contributed by atoms with Crippen molar-refractivity contribution >= 4 is 0 Å². The van der Waals surface area contributed by atoms with Crippen molar-refractivity contribution in [2.45, 2.75) is 51.7 Å². The molecule has 0 atom stereocenters. The van der Waals surface area contributed by atoms with Crippen molar-refractivity contribution in [2.75, 3.05) is 6.54 Å². The van der Waals surface area contributed by atoms with Gasteiger partial charge < -0.3 is 5.32 Å². The van der Waals surface area contributed by atoms with Crippen LogP contribution in [0.15, 0.2) is 29.3 Å². The van der Waals surface area contributed by atoms with Crippen LogP contribution in [0.1, 0.15) is 39.7 Å². The van der Waals surface area contributed by atoms with Gasteiger partial charge in [-0.2, -0.15) is 0 Å². The van der Waals surface area contributed by atoms with Crippen LogP contribution in [0.4, 0.5) is 0 Å². The topological polar surface area (TPSA) is 39.0 Å². The first-order chi connectivity index (χ1) is 8.37. The Kier molecular flexibility index (Phi) is 3.48. The number of nitrogens with one attached hydrogen (secondary N) is 1. The summed E-state index contributed by atoms with van der Waals surface area (Å²) in [6, 6.07) is 0.444. The maximum Gasteiger partial charge on any atom is 0.328 e. The molecule has 4 nitrogen and oxygen atoms in total. The molecule has 0 spiro atoms. The Labute approximate surface area is 108 Å². The lowest BCUT2D eigenvalue weighted by molar-refractivity contribution is 0.439. The largest absolute Gasteiger partial charge is 0.328 e. The summed E-state index contributed by atoms with van der Waals surface area (Å²) in [6.45, 7) is 11.7. The van der Waals surface area contributed by atoms with Crippen molar-refractivity contribution in [2.24, 2.45) is 0 Å². The Morgan fingerprint density at radius 1 is 1.44 bits per heavy atom. The van der Waals surface area contributed by atoms with Crippen molar-refractivity contribution in [3.8, 4) is 0 Å². The number of aromatic nitrogens is 2. The van der Waals surface area contributed by atoms with Crippen LogP contribution in [0.5, 0.6) is 0 Å². The number of nitrogens with zero attached hydrogens (tertiary/aromatic N) is 2. The van der Waals surface area contributed by atoms with Crippen LogP contribution in [0.2, 0.25) is 0 Å². The second kappa shape index (κ2) is 4.76. The zero-order valence-corrected chi connectivity index (χ0v) is 11.6. The van der Waals surface area contributed by atoms with E-state index < -0.39 is 0 Å². The van der Waals surface area contributed by atoms with Gasteiger partial charge in [0.2, 0.25) is 0 Å². The molecule has 1 heterocycles. The fourth-order valence-electron chi connectivity index (χ4n) is 1.87. The fraction of sp³-hybridized carbons (Fsp3) is 0.643. The second-order valence-electron chi connectivity index (χ2n) is 6.20. The first-order valence-corrected chi connectivity index (χ1v) is 6.56. The summed E-state index contributed by atoms with van der Waals surface area (Å²) in [5, 5.41) is 3.38. The van der Waals surface area contributed by atoms with E-state index in [2.05, 4.69) is 32.7 Å². The third-order valence-corrected chi connectivity index (χ3v) is 3.08. The fourth-order valence-corrected chi connectivity index (χ4v) is 1.87. The summed E-state index contributed by atoms with van der Waals surface area (Å²) in [7, 11) is 0. The van der Waals surface area contributed by atoms with Crippen molar-refractivity contribution < 1.29 is 0 Å². The van der Waals surface area contributed by atoms with Crippen LogP contribution in [0, 0.1) is 0 Å². The maximum absolute atomic E-state index is 12.1. The van der Waals surface area contributed by atoms with Crippen molar-refractivity contribution in [1.29, 1.82) is 0 Å². The second-order valence-corrected chi connectivity index (χ2v) is 6.20. The van der Waals surface area contributed by atoms with Gasteiger partial charge in [-0.3, -0.25) is 9.13 Å². The molecule has 4 heteroatoms. The zero-order valence-electron chi connectivity index (χ0n) is 11.6. The predicted octanol–water partition coefficient (Wildman–Crippen LogP) is 1.93. The van der Waals surface area contributed by atoms with Crippen molar-refractivity contribution in [3.63, 3.8) is 0 Å². The normalized spacial score (nSPS) is 15.9. The van der Waals surface area contributed by atoms with Gasteiger partial charge in [-0.05, 0) is 39.2 Å². The van der Waals surface area contributed by atoms with Crippen LogP contribution in [-0.2, 0) is 6.54 Å². The van der Waals surface area contributed by atoms with Gasteiger partial charge in [0.25, 0.3) is 0 Å². The standard InChI is InChI=1S/C14H23N3O/c1-11(9-15-14(2,3)4)10-16-7-8-17(13(16)18)12-5-6-12/h7-8,12,15H,1,5-6,9-10H2,2-4H3. The molecule has 100 valence electrons. The highest BCUT2D eigenvalue weighted by atomic mass is 16.1. The highest BCUT2D eigenvalue weighted by Crippen LogP contribution is 2.33. The van der Waals surface area contributed by atoms with E-state index in [0.717, 1.165) is 25.0 Å². The molecule has 0 amide bonds. The summed E-state index contributed by atoms with van der Waals surface area (Å²) >= 11 is 0. The number of rotatable bonds is 5. The van der Waals surface area contributed by atoms with E-state index in [1.54, 1.807) is 4.57 Å². The molecule has 1 N–H and O–H groups in total. The summed E-state index contributed by atoms with van der Waals surface area (Å²) in [6.07, 6.45) is 6.03. The minimum atomic E-state index is 0.0772. The predicted molar refractivity (Wildman–Crippen MR) is 73.9 cm³/mol. The zero-order chi connectivity index (χ0) is 13.3. The highest BCUT2D eigenvalue weighted by molar-refractivity contribution is 5.01. The summed E-state index contributed by atoms with van der Waals surface area (Å²) in [4.78, 5) is 12.1. The highest BCUT2D eigenvalue weighted by Gasteiger charge is 2.25. The third kappa shape index (κ3) is 3.35. The number of imidazole rings is 1. The van der Waals surface area contributed by atoms with Crippen molar-refractivity contribution in [1.82, 2.24) is 14.5 Å². The quantitative estimate of drug-likeness (QED) is 0.810. The van der Waals surface area contributed by atoms with Crippen LogP contribution in [0.3, 0.4) is 0 Å². The SMILES string of the molecule is C=C(CNC(C)(C)C)Cn1ccn(C2CC2)c1=O. The van der Waals surface area contributed by atoms with E-state index in [1.165, 1.54) is 0 Å². The molecule has 18 heavy (non-hydrogen) atoms. The van der Waals surface area contributed by atoms with Crippen molar-refractivity contribution in [3.05, 3.63) is 35.0 Å². The molecule has 0 saturated heterocycles. The van der Waals surface area contributed by atoms with E-state index >= 15 is 0 Å². The van der Waals surface area contributed by atoms with Gasteiger partial charge in [-0.15, -0.1) is 0 Å². The lowest BCUT2D eigenvalue weighted by atomic mass is 10.1. The van der Waals surface area contributed by atoms with Gasteiger partial charge in [-0.25, -0.2) is 4.79 Å². The molecular weight excluding hydrogens is 226 g/mol. The first kappa shape index (κ1) is 13.1. The van der Waals surface area contributed by atoms with Crippen LogP contribution in [-0.4, -0.2) is 21.2 Å². The molecular formula is C14H23N3O. The van der Waals surface area contributed by atoms with Gasteiger partial charge in [-0.1, -0.05) is 6.58 Å². The van der Waals surface area contributed by atoms with Gasteiger partial charge in [0.1, 0.15) is 0 Å². The third-order valence-electron chi connectivity index (χ3n) is 3.08. The lowest BCUT2D eigenvalue weighted by Crippen LogP contribution is -2.37. The van der Waals surface area contributed by atoms with Gasteiger partial charge in [0, 0.05) is 37.1 Å². The van der Waals surface area contributed by atoms with E-state index in [0.29, 0.717) is 12.6 Å². The molecule has 1 aliphatic carbocycles. The Bertz CT molecular complexity index is 486.